The summed E-state index contributed by atoms with van der Waals surface area (Å²) in [5, 5.41) is 4.20. The number of para-hydroxylation sites is 2. The number of ether oxygens (including phenoxy) is 1. The van der Waals surface area contributed by atoms with Gasteiger partial charge in [0.2, 0.25) is 5.91 Å². The molecule has 0 bridgehead atoms. The van der Waals surface area contributed by atoms with Crippen molar-refractivity contribution < 1.29 is 14.3 Å². The van der Waals surface area contributed by atoms with Crippen LogP contribution < -0.4 is 5.32 Å². The Morgan fingerprint density at radius 1 is 1.06 bits per heavy atom. The standard InChI is InChI=1S/C25H30Cl2N4O4S/c1-25(2,36-29-34)17-22(32)31-12-10-30(11-13-31)14-15-35-23(33)16-18-6-3-4-9-21(18)28-24-19(26)7-5-8-20(24)27/h3-9,28H,10-17H2,1-2H3. The zero-order valence-electron chi connectivity index (χ0n) is 20.3. The summed E-state index contributed by atoms with van der Waals surface area (Å²) in [5.41, 5.74) is 2.09. The highest BCUT2D eigenvalue weighted by molar-refractivity contribution is 7.99. The molecule has 0 spiro atoms. The van der Waals surface area contributed by atoms with Crippen LogP contribution in [0.1, 0.15) is 25.8 Å². The fourth-order valence-corrected chi connectivity index (χ4v) is 4.76. The number of piperazine rings is 1. The van der Waals surface area contributed by atoms with Crippen LogP contribution in [-0.4, -0.2) is 65.8 Å². The second-order valence-corrected chi connectivity index (χ2v) is 11.4. The van der Waals surface area contributed by atoms with Crippen molar-refractivity contribution in [3.63, 3.8) is 0 Å². The number of anilines is 2. The minimum absolute atomic E-state index is 0.0209. The zero-order chi connectivity index (χ0) is 26.1. The fraction of sp³-hybridized carbons (Fsp3) is 0.440. The molecular formula is C25H30Cl2N4O4S. The van der Waals surface area contributed by atoms with E-state index in [0.717, 1.165) is 23.2 Å². The average Bonchev–Trinajstić information content (AvgIpc) is 2.82. The highest BCUT2D eigenvalue weighted by Crippen LogP contribution is 2.34. The molecule has 1 aliphatic heterocycles. The Balaban J connectivity index is 1.43. The SMILES string of the molecule is CC(C)(CC(=O)N1CCN(CCOC(=O)Cc2ccccc2Nc2c(Cl)cccc2Cl)CC1)SN=O. The van der Waals surface area contributed by atoms with Crippen LogP contribution in [0.15, 0.2) is 47.0 Å². The van der Waals surface area contributed by atoms with Gasteiger partial charge in [-0.05, 0) is 37.6 Å². The number of carbonyl (C=O) groups is 2. The van der Waals surface area contributed by atoms with E-state index in [1.807, 2.05) is 43.0 Å². The van der Waals surface area contributed by atoms with Crippen LogP contribution in [0, 0.1) is 4.91 Å². The minimum atomic E-state index is -0.516. The number of carbonyl (C=O) groups excluding carboxylic acids is 2. The van der Waals surface area contributed by atoms with Crippen molar-refractivity contribution in [1.82, 2.24) is 9.80 Å². The van der Waals surface area contributed by atoms with Crippen molar-refractivity contribution in [3.8, 4) is 0 Å². The molecule has 8 nitrogen and oxygen atoms in total. The van der Waals surface area contributed by atoms with E-state index in [0.29, 0.717) is 48.5 Å². The lowest BCUT2D eigenvalue weighted by molar-refractivity contribution is -0.143. The third-order valence-electron chi connectivity index (χ3n) is 5.83. The van der Waals surface area contributed by atoms with Crippen molar-refractivity contribution in [2.24, 2.45) is 4.58 Å². The third-order valence-corrected chi connectivity index (χ3v) is 7.17. The maximum absolute atomic E-state index is 12.5. The molecule has 0 aliphatic carbocycles. The van der Waals surface area contributed by atoms with E-state index < -0.39 is 4.75 Å². The van der Waals surface area contributed by atoms with E-state index in [1.54, 1.807) is 18.2 Å². The highest BCUT2D eigenvalue weighted by Gasteiger charge is 2.28. The molecule has 36 heavy (non-hydrogen) atoms. The summed E-state index contributed by atoms with van der Waals surface area (Å²) < 4.78 is 7.82. The van der Waals surface area contributed by atoms with E-state index in [9.17, 15) is 14.5 Å². The number of nitrogens with one attached hydrogen (secondary N) is 1. The second kappa shape index (κ2) is 13.3. The van der Waals surface area contributed by atoms with Gasteiger partial charge in [-0.2, -0.15) is 0 Å². The molecule has 11 heteroatoms. The van der Waals surface area contributed by atoms with Gasteiger partial charge in [-0.15, -0.1) is 4.91 Å². The topological polar surface area (TPSA) is 91.3 Å². The first-order valence-electron chi connectivity index (χ1n) is 11.6. The Bertz CT molecular complexity index is 1060. The van der Waals surface area contributed by atoms with Crippen molar-refractivity contribution >= 4 is 58.4 Å². The molecule has 0 aromatic heterocycles. The summed E-state index contributed by atoms with van der Waals surface area (Å²) >= 11 is 13.4. The van der Waals surface area contributed by atoms with Gasteiger partial charge in [-0.3, -0.25) is 14.5 Å². The van der Waals surface area contributed by atoms with E-state index in [1.165, 1.54) is 0 Å². The van der Waals surface area contributed by atoms with E-state index in [-0.39, 0.29) is 31.3 Å². The molecule has 3 rings (SSSR count). The Kier molecular flexibility index (Phi) is 10.4. The van der Waals surface area contributed by atoms with Gasteiger partial charge in [0.1, 0.15) is 6.61 Å². The summed E-state index contributed by atoms with van der Waals surface area (Å²) in [4.78, 5) is 39.5. The molecule has 1 N–H and O–H groups in total. The van der Waals surface area contributed by atoms with Crippen molar-refractivity contribution in [2.45, 2.75) is 31.4 Å². The fourth-order valence-electron chi connectivity index (χ4n) is 3.87. The Morgan fingerprint density at radius 2 is 1.72 bits per heavy atom. The van der Waals surface area contributed by atoms with E-state index in [4.69, 9.17) is 27.9 Å². The number of hydrogen-bond acceptors (Lipinski definition) is 8. The molecule has 0 saturated carbocycles. The molecule has 0 radical (unpaired) electrons. The van der Waals surface area contributed by atoms with Crippen LogP contribution in [0.2, 0.25) is 10.0 Å². The molecule has 0 atom stereocenters. The predicted octanol–water partition coefficient (Wildman–Crippen LogP) is 5.55. The predicted molar refractivity (Wildman–Crippen MR) is 146 cm³/mol. The van der Waals surface area contributed by atoms with Crippen LogP contribution in [0.5, 0.6) is 0 Å². The molecule has 194 valence electrons. The molecule has 1 heterocycles. The largest absolute Gasteiger partial charge is 0.464 e. The molecule has 1 fully saturated rings. The molecule has 1 aliphatic rings. The van der Waals surface area contributed by atoms with Gasteiger partial charge in [0.25, 0.3) is 0 Å². The number of hydrogen-bond donors (Lipinski definition) is 1. The summed E-state index contributed by atoms with van der Waals surface area (Å²) in [6.45, 7) is 7.15. The summed E-state index contributed by atoms with van der Waals surface area (Å²) in [7, 11) is 0. The number of nitrogens with zero attached hydrogens (tertiary/aromatic N) is 3. The third kappa shape index (κ3) is 8.37. The smallest absolute Gasteiger partial charge is 0.310 e. The lowest BCUT2D eigenvalue weighted by Gasteiger charge is -2.35. The zero-order valence-corrected chi connectivity index (χ0v) is 22.7. The average molecular weight is 554 g/mol. The Labute approximate surface area is 225 Å². The lowest BCUT2D eigenvalue weighted by Crippen LogP contribution is -2.50. The van der Waals surface area contributed by atoms with Gasteiger partial charge in [0, 0.05) is 66.1 Å². The molecule has 1 amide bonds. The van der Waals surface area contributed by atoms with Gasteiger partial charge < -0.3 is 15.0 Å². The van der Waals surface area contributed by atoms with Crippen molar-refractivity contribution in [3.05, 3.63) is 63.0 Å². The normalized spacial score (nSPS) is 14.4. The number of amides is 1. The first-order valence-corrected chi connectivity index (χ1v) is 13.2. The van der Waals surface area contributed by atoms with Crippen LogP contribution in [-0.2, 0) is 20.7 Å². The van der Waals surface area contributed by atoms with Crippen molar-refractivity contribution in [1.29, 1.82) is 0 Å². The van der Waals surface area contributed by atoms with Gasteiger partial charge in [0.05, 0.1) is 22.2 Å². The van der Waals surface area contributed by atoms with Gasteiger partial charge in [-0.1, -0.05) is 47.5 Å². The molecule has 2 aromatic rings. The van der Waals surface area contributed by atoms with Gasteiger partial charge in [-0.25, -0.2) is 0 Å². The number of benzene rings is 2. The van der Waals surface area contributed by atoms with Gasteiger partial charge >= 0.3 is 5.97 Å². The summed E-state index contributed by atoms with van der Waals surface area (Å²) in [6.07, 6.45) is 0.372. The van der Waals surface area contributed by atoms with Crippen molar-refractivity contribution in [2.75, 3.05) is 44.6 Å². The van der Waals surface area contributed by atoms with Crippen LogP contribution >= 0.6 is 35.1 Å². The molecule has 2 aromatic carbocycles. The van der Waals surface area contributed by atoms with Crippen LogP contribution in [0.25, 0.3) is 0 Å². The van der Waals surface area contributed by atoms with E-state index in [2.05, 4.69) is 14.8 Å². The monoisotopic (exact) mass is 552 g/mol. The first-order chi connectivity index (χ1) is 17.2. The summed E-state index contributed by atoms with van der Waals surface area (Å²) in [6, 6.07) is 12.7. The Hall–Kier alpha value is -2.33. The second-order valence-electron chi connectivity index (χ2n) is 9.10. The molecular weight excluding hydrogens is 523 g/mol. The highest BCUT2D eigenvalue weighted by atomic mass is 35.5. The first kappa shape index (κ1) is 28.2. The van der Waals surface area contributed by atoms with Crippen LogP contribution in [0.3, 0.4) is 0 Å². The number of nitroso groups, excluding NO2 is 1. The number of halogens is 2. The Morgan fingerprint density at radius 3 is 2.39 bits per heavy atom. The quantitative estimate of drug-likeness (QED) is 0.222. The lowest BCUT2D eigenvalue weighted by atomic mass is 10.1. The van der Waals surface area contributed by atoms with E-state index >= 15 is 0 Å². The minimum Gasteiger partial charge on any atom is -0.464 e. The summed E-state index contributed by atoms with van der Waals surface area (Å²) in [5.74, 6) is -0.306. The molecule has 1 saturated heterocycles. The number of esters is 1. The number of rotatable bonds is 11. The van der Waals surface area contributed by atoms with Crippen LogP contribution in [0.4, 0.5) is 11.4 Å². The maximum Gasteiger partial charge on any atom is 0.310 e. The van der Waals surface area contributed by atoms with Gasteiger partial charge in [0.15, 0.2) is 0 Å². The maximum atomic E-state index is 12.5. The molecule has 0 unspecified atom stereocenters.